The molecule has 2 fully saturated rings. The van der Waals surface area contributed by atoms with Crippen molar-refractivity contribution in [1.29, 1.82) is 0 Å². The lowest BCUT2D eigenvalue weighted by atomic mass is 10.1. The maximum Gasteiger partial charge on any atom is 0.115 e. The third-order valence-corrected chi connectivity index (χ3v) is 2.71. The van der Waals surface area contributed by atoms with Crippen LogP contribution >= 0.6 is 0 Å². The van der Waals surface area contributed by atoms with Crippen molar-refractivity contribution in [1.82, 2.24) is 0 Å². The van der Waals surface area contributed by atoms with Crippen molar-refractivity contribution in [3.63, 3.8) is 0 Å². The second kappa shape index (κ2) is 4.14. The fourth-order valence-electron chi connectivity index (χ4n) is 2.10. The smallest absolute Gasteiger partial charge is 0.115 e. The third kappa shape index (κ3) is 1.80. The molecule has 0 unspecified atom stereocenters. The number of hydrogen-bond acceptors (Lipinski definition) is 4. The zero-order chi connectivity index (χ0) is 10.1. The Morgan fingerprint density at radius 3 is 2.21 bits per heavy atom. The van der Waals surface area contributed by atoms with Crippen molar-refractivity contribution in [2.45, 2.75) is 44.4 Å². The molecule has 2 aliphatic rings. The van der Waals surface area contributed by atoms with Crippen molar-refractivity contribution in [2.75, 3.05) is 20.3 Å². The second-order valence-corrected chi connectivity index (χ2v) is 4.09. The highest BCUT2D eigenvalue weighted by Crippen LogP contribution is 2.30. The summed E-state index contributed by atoms with van der Waals surface area (Å²) in [6.45, 7) is 5.28. The molecular weight excluding hydrogens is 184 g/mol. The Morgan fingerprint density at radius 1 is 1.07 bits per heavy atom. The molecular formula is C10H18O4. The molecule has 4 nitrogen and oxygen atoms in total. The van der Waals surface area contributed by atoms with Gasteiger partial charge >= 0.3 is 0 Å². The van der Waals surface area contributed by atoms with Crippen LogP contribution < -0.4 is 0 Å². The summed E-state index contributed by atoms with van der Waals surface area (Å²) in [5.74, 6) is 0. The molecule has 0 aromatic heterocycles. The Morgan fingerprint density at radius 2 is 1.64 bits per heavy atom. The highest BCUT2D eigenvalue weighted by molar-refractivity contribution is 4.95. The minimum atomic E-state index is 0.0577. The molecule has 2 saturated heterocycles. The fourth-order valence-corrected chi connectivity index (χ4v) is 2.10. The van der Waals surface area contributed by atoms with E-state index in [1.165, 1.54) is 0 Å². The molecule has 0 aliphatic carbocycles. The van der Waals surface area contributed by atoms with Crippen molar-refractivity contribution in [3.8, 4) is 0 Å². The molecule has 0 N–H and O–H groups in total. The number of ether oxygens (including phenoxy) is 4. The van der Waals surface area contributed by atoms with E-state index in [-0.39, 0.29) is 30.5 Å². The molecule has 0 saturated carbocycles. The van der Waals surface area contributed by atoms with Crippen LogP contribution in [0.3, 0.4) is 0 Å². The Labute approximate surface area is 84.5 Å². The van der Waals surface area contributed by atoms with Crippen molar-refractivity contribution in [3.05, 3.63) is 0 Å². The lowest BCUT2D eigenvalue weighted by Gasteiger charge is -2.18. The van der Waals surface area contributed by atoms with E-state index in [1.54, 1.807) is 7.11 Å². The largest absolute Gasteiger partial charge is 0.376 e. The summed E-state index contributed by atoms with van der Waals surface area (Å²) in [6.07, 6.45) is 0.472. The number of fused-ring (bicyclic) bond motifs is 1. The van der Waals surface area contributed by atoms with Crippen molar-refractivity contribution in [2.24, 2.45) is 0 Å². The van der Waals surface area contributed by atoms with Crippen molar-refractivity contribution < 1.29 is 18.9 Å². The molecule has 2 rings (SSSR count). The van der Waals surface area contributed by atoms with Gasteiger partial charge in [0.05, 0.1) is 19.3 Å². The van der Waals surface area contributed by atoms with E-state index < -0.39 is 0 Å². The predicted octanol–water partition coefficient (Wildman–Crippen LogP) is 0.593. The summed E-state index contributed by atoms with van der Waals surface area (Å²) in [7, 11) is 1.69. The monoisotopic (exact) mass is 202 g/mol. The molecule has 2 aliphatic heterocycles. The third-order valence-electron chi connectivity index (χ3n) is 2.71. The molecule has 2 heterocycles. The van der Waals surface area contributed by atoms with Gasteiger partial charge in [0, 0.05) is 7.11 Å². The topological polar surface area (TPSA) is 36.9 Å². The van der Waals surface area contributed by atoms with E-state index in [2.05, 4.69) is 0 Å². The molecule has 4 atom stereocenters. The first-order chi connectivity index (χ1) is 6.72. The standard InChI is InChI=1S/C10H18O4/c1-6(2)14-8-5-13-9-7(11-3)4-12-10(8)9/h6-10H,4-5H2,1-3H3/t7-,8+,9+,10+/m0/s1. The quantitative estimate of drug-likeness (QED) is 0.671. The van der Waals surface area contributed by atoms with Crippen LogP contribution in [0.15, 0.2) is 0 Å². The summed E-state index contributed by atoms with van der Waals surface area (Å²) in [6, 6.07) is 0. The number of rotatable bonds is 3. The molecule has 0 aromatic rings. The van der Waals surface area contributed by atoms with Gasteiger partial charge in [-0.3, -0.25) is 0 Å². The highest BCUT2D eigenvalue weighted by Gasteiger charge is 2.48. The van der Waals surface area contributed by atoms with Crippen LogP contribution in [0, 0.1) is 0 Å². The van der Waals surface area contributed by atoms with E-state index >= 15 is 0 Å². The first-order valence-electron chi connectivity index (χ1n) is 5.14. The van der Waals surface area contributed by atoms with Crippen LogP contribution in [0.1, 0.15) is 13.8 Å². The maximum absolute atomic E-state index is 5.71. The predicted molar refractivity (Wildman–Crippen MR) is 50.3 cm³/mol. The Balaban J connectivity index is 1.94. The van der Waals surface area contributed by atoms with Gasteiger partial charge < -0.3 is 18.9 Å². The normalized spacial score (nSPS) is 42.0. The fraction of sp³-hybridized carbons (Fsp3) is 1.00. The maximum atomic E-state index is 5.71. The molecule has 82 valence electrons. The average Bonchev–Trinajstić information content (AvgIpc) is 2.67. The number of methoxy groups -OCH3 is 1. The zero-order valence-electron chi connectivity index (χ0n) is 8.93. The van der Waals surface area contributed by atoms with E-state index in [9.17, 15) is 0 Å². The first-order valence-corrected chi connectivity index (χ1v) is 5.14. The molecule has 0 amide bonds. The lowest BCUT2D eigenvalue weighted by molar-refractivity contribution is -0.0629. The van der Waals surface area contributed by atoms with Gasteiger partial charge in [0.2, 0.25) is 0 Å². The van der Waals surface area contributed by atoms with Gasteiger partial charge in [-0.2, -0.15) is 0 Å². The van der Waals surface area contributed by atoms with Crippen molar-refractivity contribution >= 4 is 0 Å². The van der Waals surface area contributed by atoms with Gasteiger partial charge in [-0.25, -0.2) is 0 Å². The summed E-state index contributed by atoms with van der Waals surface area (Å²) in [4.78, 5) is 0. The SMILES string of the molecule is CO[C@H]1CO[C@H]2[C@@H]1OC[C@H]2OC(C)C. The Bertz CT molecular complexity index is 195. The van der Waals surface area contributed by atoms with E-state index in [0.29, 0.717) is 13.2 Å². The molecule has 0 spiro atoms. The Kier molecular flexibility index (Phi) is 3.07. The molecule has 0 radical (unpaired) electrons. The molecule has 0 aromatic carbocycles. The van der Waals surface area contributed by atoms with Gasteiger partial charge in [-0.1, -0.05) is 0 Å². The van der Waals surface area contributed by atoms with Gasteiger partial charge in [-0.05, 0) is 13.8 Å². The Hall–Kier alpha value is -0.160. The summed E-state index contributed by atoms with van der Waals surface area (Å²) < 4.78 is 22.2. The van der Waals surface area contributed by atoms with E-state index in [1.807, 2.05) is 13.8 Å². The van der Waals surface area contributed by atoms with Crippen LogP contribution in [-0.2, 0) is 18.9 Å². The highest BCUT2D eigenvalue weighted by atomic mass is 16.6. The van der Waals surface area contributed by atoms with Gasteiger partial charge in [0.1, 0.15) is 24.4 Å². The molecule has 14 heavy (non-hydrogen) atoms. The first kappa shape index (κ1) is 10.4. The average molecular weight is 202 g/mol. The molecule has 4 heteroatoms. The molecule has 0 bridgehead atoms. The minimum Gasteiger partial charge on any atom is -0.376 e. The summed E-state index contributed by atoms with van der Waals surface area (Å²) in [5.41, 5.74) is 0. The van der Waals surface area contributed by atoms with Crippen LogP contribution in [0.4, 0.5) is 0 Å². The zero-order valence-corrected chi connectivity index (χ0v) is 8.93. The van der Waals surface area contributed by atoms with Gasteiger partial charge in [0.25, 0.3) is 0 Å². The van der Waals surface area contributed by atoms with E-state index in [4.69, 9.17) is 18.9 Å². The van der Waals surface area contributed by atoms with Crippen LogP contribution in [0.5, 0.6) is 0 Å². The summed E-state index contributed by atoms with van der Waals surface area (Å²) >= 11 is 0. The van der Waals surface area contributed by atoms with Crippen LogP contribution in [0.25, 0.3) is 0 Å². The van der Waals surface area contributed by atoms with Crippen LogP contribution in [0.2, 0.25) is 0 Å². The van der Waals surface area contributed by atoms with Crippen LogP contribution in [-0.4, -0.2) is 50.8 Å². The number of hydrogen-bond donors (Lipinski definition) is 0. The second-order valence-electron chi connectivity index (χ2n) is 4.09. The van der Waals surface area contributed by atoms with Gasteiger partial charge in [-0.15, -0.1) is 0 Å². The van der Waals surface area contributed by atoms with E-state index in [0.717, 1.165) is 0 Å². The minimum absolute atomic E-state index is 0.0577. The van der Waals surface area contributed by atoms with Gasteiger partial charge in [0.15, 0.2) is 0 Å². The lowest BCUT2D eigenvalue weighted by Crippen LogP contribution is -2.34. The summed E-state index contributed by atoms with van der Waals surface area (Å²) in [5, 5.41) is 0.